The molecule has 9 nitrogen and oxygen atoms in total. The van der Waals surface area contributed by atoms with E-state index in [1.54, 1.807) is 56.3 Å². The van der Waals surface area contributed by atoms with Crippen LogP contribution < -0.4 is 4.74 Å². The van der Waals surface area contributed by atoms with E-state index in [0.717, 1.165) is 5.56 Å². The molecule has 3 N–H and O–H groups in total. The molecule has 41 heavy (non-hydrogen) atoms. The van der Waals surface area contributed by atoms with E-state index in [9.17, 15) is 32.2 Å². The second-order valence-corrected chi connectivity index (χ2v) is 12.2. The summed E-state index contributed by atoms with van der Waals surface area (Å²) in [5.41, 5.74) is 0.272. The highest BCUT2D eigenvalue weighted by molar-refractivity contribution is 8.22. The van der Waals surface area contributed by atoms with Crippen molar-refractivity contribution in [2.75, 3.05) is 6.54 Å². The number of hydrogen-bond acceptors (Lipinski definition) is 7. The molecule has 0 spiro atoms. The Morgan fingerprint density at radius 1 is 1.17 bits per heavy atom. The number of aryl methyl sites for hydroxylation is 2. The molecule has 0 fully saturated rings. The van der Waals surface area contributed by atoms with E-state index in [0.29, 0.717) is 16.9 Å². The lowest BCUT2D eigenvalue weighted by Crippen LogP contribution is -2.33. The minimum absolute atomic E-state index is 0.0408. The van der Waals surface area contributed by atoms with Gasteiger partial charge in [-0.3, -0.25) is 13.9 Å². The van der Waals surface area contributed by atoms with Crippen molar-refractivity contribution in [3.63, 3.8) is 0 Å². The van der Waals surface area contributed by atoms with Gasteiger partial charge in [0.1, 0.15) is 22.3 Å². The van der Waals surface area contributed by atoms with Gasteiger partial charge in [-0.25, -0.2) is 4.68 Å². The number of alkyl halides is 3. The molecule has 0 amide bonds. The first-order valence-electron chi connectivity index (χ1n) is 12.8. The van der Waals surface area contributed by atoms with Gasteiger partial charge in [0.2, 0.25) is 0 Å². The van der Waals surface area contributed by atoms with Crippen molar-refractivity contribution < 1.29 is 36.9 Å². The molecule has 0 bridgehead atoms. The summed E-state index contributed by atoms with van der Waals surface area (Å²) in [6.07, 6.45) is -5.81. The third kappa shape index (κ3) is 5.49. The second-order valence-electron chi connectivity index (χ2n) is 10.2. The molecule has 0 saturated heterocycles. The summed E-state index contributed by atoms with van der Waals surface area (Å²) < 4.78 is 74.6. The first-order chi connectivity index (χ1) is 19.3. The average Bonchev–Trinajstić information content (AvgIpc) is 3.23. The highest BCUT2D eigenvalue weighted by Crippen LogP contribution is 2.57. The Labute approximate surface area is 235 Å². The number of ether oxygens (including phenoxy) is 1. The van der Waals surface area contributed by atoms with Gasteiger partial charge in [0, 0.05) is 19.5 Å². The Morgan fingerprint density at radius 3 is 2.61 bits per heavy atom. The van der Waals surface area contributed by atoms with Gasteiger partial charge in [0.15, 0.2) is 0 Å². The monoisotopic (exact) mass is 590 g/mol. The molecule has 1 aliphatic heterocycles. The summed E-state index contributed by atoms with van der Waals surface area (Å²) in [4.78, 5) is 12.2. The van der Waals surface area contributed by atoms with Crippen LogP contribution in [0.2, 0.25) is 0 Å². The zero-order valence-electron chi connectivity index (χ0n) is 22.5. The highest BCUT2D eigenvalue weighted by Gasteiger charge is 2.40. The number of nitrogens with zero attached hydrogens (tertiary/aromatic N) is 4. The van der Waals surface area contributed by atoms with Crippen LogP contribution in [-0.2, 0) is 24.6 Å². The number of benzene rings is 3. The fourth-order valence-corrected chi connectivity index (χ4v) is 6.93. The van der Waals surface area contributed by atoms with Gasteiger partial charge in [-0.15, -0.1) is 15.9 Å². The maximum atomic E-state index is 14.4. The van der Waals surface area contributed by atoms with Crippen LogP contribution in [0.5, 0.6) is 5.75 Å². The Bertz CT molecular complexity index is 1620. The molecule has 0 saturated carbocycles. The lowest BCUT2D eigenvalue weighted by atomic mass is 9.83. The first-order valence-corrected chi connectivity index (χ1v) is 14.3. The summed E-state index contributed by atoms with van der Waals surface area (Å²) in [7, 11) is -1.99. The standard InChI is InChI=1S/C28H29F3N4O5S/c1-16-8-9-18(12-19(16)15-35-14-17(2)40-23-6-4-5-7-24(23)41(35,38)39)21(13-25(36)37)20-10-11-22-27(32-33-34(22)3)26(20)28(29,30)31/h4-12,17,21,38-39H,13-15H2,1-3H3,(H,36,37)/t17-,21?/m1/s1. The van der Waals surface area contributed by atoms with E-state index in [1.165, 1.54) is 28.2 Å². The third-order valence-electron chi connectivity index (χ3n) is 7.27. The number of rotatable bonds is 6. The van der Waals surface area contributed by atoms with Crippen LogP contribution in [0.15, 0.2) is 59.5 Å². The first kappa shape index (κ1) is 28.9. The van der Waals surface area contributed by atoms with Gasteiger partial charge in [-0.05, 0) is 54.3 Å². The number of aromatic nitrogens is 3. The SMILES string of the molecule is Cc1ccc(C(CC(=O)O)c2ccc3c(nnn3C)c2C(F)(F)F)cc1CN1C[C@@H](C)Oc2ccccc2S1(O)O. The minimum atomic E-state index is -4.82. The van der Waals surface area contributed by atoms with Crippen LogP contribution >= 0.6 is 10.8 Å². The molecular weight excluding hydrogens is 561 g/mol. The molecule has 218 valence electrons. The smallest absolute Gasteiger partial charge is 0.418 e. The van der Waals surface area contributed by atoms with E-state index in [4.69, 9.17) is 4.74 Å². The minimum Gasteiger partial charge on any atom is -0.487 e. The normalized spacial score (nSPS) is 18.8. The summed E-state index contributed by atoms with van der Waals surface area (Å²) in [6, 6.07) is 14.3. The molecular formula is C28H29F3N4O5S. The average molecular weight is 591 g/mol. The van der Waals surface area contributed by atoms with Crippen LogP contribution in [0.25, 0.3) is 11.0 Å². The molecule has 0 aliphatic carbocycles. The molecule has 2 heterocycles. The van der Waals surface area contributed by atoms with Crippen LogP contribution in [-0.4, -0.2) is 52.1 Å². The summed E-state index contributed by atoms with van der Waals surface area (Å²) in [6.45, 7) is 3.81. The van der Waals surface area contributed by atoms with Crippen LogP contribution in [0.3, 0.4) is 0 Å². The van der Waals surface area contributed by atoms with Crippen molar-refractivity contribution in [1.29, 1.82) is 0 Å². The van der Waals surface area contributed by atoms with Gasteiger partial charge in [-0.2, -0.15) is 17.5 Å². The number of para-hydroxylation sites is 1. The van der Waals surface area contributed by atoms with E-state index in [-0.39, 0.29) is 40.7 Å². The molecule has 1 aromatic heterocycles. The number of carboxylic acid groups (broad SMARTS) is 1. The quantitative estimate of drug-likeness (QED) is 0.242. The predicted octanol–water partition coefficient (Wildman–Crippen LogP) is 6.21. The van der Waals surface area contributed by atoms with E-state index < -0.39 is 40.8 Å². The van der Waals surface area contributed by atoms with Crippen molar-refractivity contribution in [2.24, 2.45) is 7.05 Å². The summed E-state index contributed by atoms with van der Waals surface area (Å²) in [5.74, 6) is -2.07. The maximum Gasteiger partial charge on any atom is 0.418 e. The molecule has 4 aromatic rings. The van der Waals surface area contributed by atoms with Crippen molar-refractivity contribution >= 4 is 27.8 Å². The summed E-state index contributed by atoms with van der Waals surface area (Å²) >= 11 is 0. The fourth-order valence-electron chi connectivity index (χ4n) is 5.27. The van der Waals surface area contributed by atoms with Crippen molar-refractivity contribution in [3.05, 3.63) is 82.4 Å². The Hall–Kier alpha value is -3.65. The molecule has 1 aliphatic rings. The Kier molecular flexibility index (Phi) is 7.49. The molecule has 5 rings (SSSR count). The maximum absolute atomic E-state index is 14.4. The zero-order valence-corrected chi connectivity index (χ0v) is 23.3. The van der Waals surface area contributed by atoms with E-state index in [2.05, 4.69) is 10.3 Å². The van der Waals surface area contributed by atoms with Crippen molar-refractivity contribution in [3.8, 4) is 5.75 Å². The molecule has 2 atom stereocenters. The fraction of sp³-hybridized carbons (Fsp3) is 0.321. The van der Waals surface area contributed by atoms with Crippen LogP contribution in [0.1, 0.15) is 47.1 Å². The number of carbonyl (C=O) groups is 1. The third-order valence-corrected chi connectivity index (χ3v) is 9.20. The van der Waals surface area contributed by atoms with Crippen molar-refractivity contribution in [1.82, 2.24) is 19.3 Å². The molecule has 13 heteroatoms. The number of hydrogen-bond donors (Lipinski definition) is 3. The lowest BCUT2D eigenvalue weighted by molar-refractivity contribution is -0.139. The Morgan fingerprint density at radius 2 is 1.90 bits per heavy atom. The van der Waals surface area contributed by atoms with Gasteiger partial charge in [0.25, 0.3) is 0 Å². The zero-order chi connectivity index (χ0) is 29.7. The van der Waals surface area contributed by atoms with Crippen LogP contribution in [0.4, 0.5) is 13.2 Å². The lowest BCUT2D eigenvalue weighted by Gasteiger charge is -2.42. The van der Waals surface area contributed by atoms with Crippen molar-refractivity contribution in [2.45, 2.75) is 49.9 Å². The van der Waals surface area contributed by atoms with E-state index >= 15 is 0 Å². The van der Waals surface area contributed by atoms with Gasteiger partial charge in [-0.1, -0.05) is 41.6 Å². The summed E-state index contributed by atoms with van der Waals surface area (Å²) in [5, 5.41) is 17.2. The van der Waals surface area contributed by atoms with Gasteiger partial charge in [0.05, 0.1) is 24.0 Å². The number of halogens is 3. The van der Waals surface area contributed by atoms with E-state index in [1.807, 2.05) is 0 Å². The highest BCUT2D eigenvalue weighted by atomic mass is 32.3. The topological polar surface area (TPSA) is 121 Å². The Balaban J connectivity index is 1.60. The molecule has 1 unspecified atom stereocenters. The van der Waals surface area contributed by atoms with Gasteiger partial charge < -0.3 is 9.84 Å². The number of aliphatic carboxylic acids is 1. The number of carboxylic acids is 1. The van der Waals surface area contributed by atoms with Gasteiger partial charge >= 0.3 is 12.1 Å². The predicted molar refractivity (Wildman–Crippen MR) is 147 cm³/mol. The molecule has 3 aromatic carbocycles. The largest absolute Gasteiger partial charge is 0.487 e. The molecule has 0 radical (unpaired) electrons. The second kappa shape index (κ2) is 10.6. The number of fused-ring (bicyclic) bond motifs is 2. The van der Waals surface area contributed by atoms with Crippen LogP contribution in [0, 0.1) is 6.92 Å².